The van der Waals surface area contributed by atoms with Gasteiger partial charge in [-0.25, -0.2) is 0 Å². The minimum atomic E-state index is -0.729. The molecule has 4 rings (SSSR count). The molecule has 1 aliphatic rings. The molecule has 3 aromatic rings. The monoisotopic (exact) mass is 538 g/mol. The predicted molar refractivity (Wildman–Crippen MR) is 136 cm³/mol. The first-order chi connectivity index (χ1) is 17.0. The molecule has 35 heavy (non-hydrogen) atoms. The summed E-state index contributed by atoms with van der Waals surface area (Å²) in [5.41, 5.74) is 3.06. The Kier molecular flexibility index (Phi) is 7.60. The van der Waals surface area contributed by atoms with E-state index in [-0.39, 0.29) is 18.4 Å². The van der Waals surface area contributed by atoms with Crippen LogP contribution in [0.25, 0.3) is 0 Å². The number of nitrogens with one attached hydrogen (secondary N) is 1. The third-order valence-corrected chi connectivity index (χ3v) is 6.54. The molecule has 0 saturated heterocycles. The molecule has 2 amide bonds. The summed E-state index contributed by atoms with van der Waals surface area (Å²) in [6, 6.07) is 17.8. The first kappa shape index (κ1) is 24.6. The molecule has 0 aromatic heterocycles. The fraction of sp³-hybridized carbons (Fsp3) is 0.259. The van der Waals surface area contributed by atoms with Gasteiger partial charge in [0.25, 0.3) is 5.91 Å². The van der Waals surface area contributed by atoms with Crippen molar-refractivity contribution >= 4 is 27.7 Å². The van der Waals surface area contributed by atoms with Gasteiger partial charge in [0.15, 0.2) is 11.5 Å². The van der Waals surface area contributed by atoms with E-state index in [9.17, 15) is 9.59 Å². The molecule has 1 unspecified atom stereocenters. The minimum Gasteiger partial charge on any atom is -0.496 e. The van der Waals surface area contributed by atoms with Crippen molar-refractivity contribution in [3.8, 4) is 17.2 Å². The standard InChI is InChI=1S/C27H27BrN2O5/c1-33-22-11-9-19(28)15-18(22)16-30-25(20-6-4-5-7-21(20)27(30)32)26(31)29-13-12-17-8-10-23(34-2)24(14-17)35-3/h4-11,14-15,25H,12-13,16H2,1-3H3,(H,29,31). The Hall–Kier alpha value is -3.52. The van der Waals surface area contributed by atoms with Gasteiger partial charge in [-0.3, -0.25) is 9.59 Å². The van der Waals surface area contributed by atoms with Crippen LogP contribution in [0.15, 0.2) is 65.1 Å². The van der Waals surface area contributed by atoms with Crippen molar-refractivity contribution in [1.29, 1.82) is 0 Å². The van der Waals surface area contributed by atoms with Gasteiger partial charge in [-0.05, 0) is 53.9 Å². The zero-order valence-electron chi connectivity index (χ0n) is 19.8. The normalized spacial score (nSPS) is 14.5. The zero-order chi connectivity index (χ0) is 24.9. The number of nitrogens with zero attached hydrogens (tertiary/aromatic N) is 1. The highest BCUT2D eigenvalue weighted by molar-refractivity contribution is 9.10. The SMILES string of the molecule is COc1ccc(Br)cc1CN1C(=O)c2ccccc2C1C(=O)NCCc1ccc(OC)c(OC)c1. The smallest absolute Gasteiger partial charge is 0.255 e. The van der Waals surface area contributed by atoms with E-state index in [0.29, 0.717) is 41.3 Å². The highest BCUT2D eigenvalue weighted by Gasteiger charge is 2.41. The Morgan fingerprint density at radius 2 is 1.66 bits per heavy atom. The maximum Gasteiger partial charge on any atom is 0.255 e. The summed E-state index contributed by atoms with van der Waals surface area (Å²) in [6.45, 7) is 0.652. The number of hydrogen-bond acceptors (Lipinski definition) is 5. The van der Waals surface area contributed by atoms with Gasteiger partial charge in [0.05, 0.1) is 27.9 Å². The van der Waals surface area contributed by atoms with E-state index in [2.05, 4.69) is 21.2 Å². The number of fused-ring (bicyclic) bond motifs is 1. The quantitative estimate of drug-likeness (QED) is 0.433. The van der Waals surface area contributed by atoms with Gasteiger partial charge in [-0.15, -0.1) is 0 Å². The van der Waals surface area contributed by atoms with E-state index in [1.54, 1.807) is 32.3 Å². The maximum absolute atomic E-state index is 13.4. The summed E-state index contributed by atoms with van der Waals surface area (Å²) in [6.07, 6.45) is 0.605. The van der Waals surface area contributed by atoms with Gasteiger partial charge >= 0.3 is 0 Å². The van der Waals surface area contributed by atoms with E-state index in [1.807, 2.05) is 54.6 Å². The lowest BCUT2D eigenvalue weighted by atomic mass is 10.0. The minimum absolute atomic E-state index is 0.178. The first-order valence-corrected chi connectivity index (χ1v) is 12.0. The number of ether oxygens (including phenoxy) is 3. The lowest BCUT2D eigenvalue weighted by molar-refractivity contribution is -0.125. The summed E-state index contributed by atoms with van der Waals surface area (Å²) in [7, 11) is 4.77. The molecular weight excluding hydrogens is 512 g/mol. The van der Waals surface area contributed by atoms with E-state index in [0.717, 1.165) is 15.6 Å². The third-order valence-electron chi connectivity index (χ3n) is 6.05. The van der Waals surface area contributed by atoms with Crippen molar-refractivity contribution in [3.63, 3.8) is 0 Å². The molecule has 3 aromatic carbocycles. The largest absolute Gasteiger partial charge is 0.496 e. The molecular formula is C27H27BrN2O5. The van der Waals surface area contributed by atoms with Gasteiger partial charge in [0.2, 0.25) is 5.91 Å². The van der Waals surface area contributed by atoms with E-state index in [1.165, 1.54) is 0 Å². The molecule has 1 atom stereocenters. The number of methoxy groups -OCH3 is 3. The third kappa shape index (κ3) is 5.12. The van der Waals surface area contributed by atoms with Crippen LogP contribution in [0.1, 0.15) is 33.1 Å². The van der Waals surface area contributed by atoms with Crippen LogP contribution in [0.2, 0.25) is 0 Å². The second-order valence-electron chi connectivity index (χ2n) is 8.11. The summed E-state index contributed by atoms with van der Waals surface area (Å²) in [5.74, 6) is 1.55. The van der Waals surface area contributed by atoms with Crippen LogP contribution in [0.4, 0.5) is 0 Å². The van der Waals surface area contributed by atoms with Gasteiger partial charge in [-0.1, -0.05) is 40.2 Å². The second-order valence-corrected chi connectivity index (χ2v) is 9.03. The number of hydrogen-bond donors (Lipinski definition) is 1. The second kappa shape index (κ2) is 10.8. The highest BCUT2D eigenvalue weighted by Crippen LogP contribution is 2.37. The topological polar surface area (TPSA) is 77.1 Å². The number of carbonyl (C=O) groups is 2. The number of carbonyl (C=O) groups excluding carboxylic acids is 2. The van der Waals surface area contributed by atoms with Crippen LogP contribution >= 0.6 is 15.9 Å². The summed E-state index contributed by atoms with van der Waals surface area (Å²) in [5, 5.41) is 3.01. The first-order valence-electron chi connectivity index (χ1n) is 11.2. The molecule has 0 radical (unpaired) electrons. The zero-order valence-corrected chi connectivity index (χ0v) is 21.4. The van der Waals surface area contributed by atoms with Crippen LogP contribution in [0, 0.1) is 0 Å². The fourth-order valence-electron chi connectivity index (χ4n) is 4.33. The summed E-state index contributed by atoms with van der Waals surface area (Å²) in [4.78, 5) is 28.3. The Morgan fingerprint density at radius 1 is 0.943 bits per heavy atom. The molecule has 1 heterocycles. The van der Waals surface area contributed by atoms with E-state index >= 15 is 0 Å². The van der Waals surface area contributed by atoms with Crippen molar-refractivity contribution in [3.05, 3.63) is 87.4 Å². The fourth-order valence-corrected chi connectivity index (χ4v) is 4.74. The van der Waals surface area contributed by atoms with Crippen LogP contribution in [-0.4, -0.2) is 44.6 Å². The van der Waals surface area contributed by atoms with Gasteiger partial charge in [0.1, 0.15) is 11.8 Å². The molecule has 8 heteroatoms. The Balaban J connectivity index is 1.53. The van der Waals surface area contributed by atoms with Crippen molar-refractivity contribution in [1.82, 2.24) is 10.2 Å². The Morgan fingerprint density at radius 3 is 2.40 bits per heavy atom. The maximum atomic E-state index is 13.4. The van der Waals surface area contributed by atoms with Crippen LogP contribution in [0.3, 0.4) is 0 Å². The van der Waals surface area contributed by atoms with Crippen LogP contribution < -0.4 is 19.5 Å². The van der Waals surface area contributed by atoms with Gasteiger partial charge < -0.3 is 24.4 Å². The molecule has 1 N–H and O–H groups in total. The summed E-state index contributed by atoms with van der Waals surface area (Å²) >= 11 is 3.48. The lowest BCUT2D eigenvalue weighted by Gasteiger charge is -2.25. The average Bonchev–Trinajstić information content (AvgIpc) is 3.15. The van der Waals surface area contributed by atoms with Crippen molar-refractivity contribution in [2.24, 2.45) is 0 Å². The lowest BCUT2D eigenvalue weighted by Crippen LogP contribution is -2.39. The molecule has 0 aliphatic carbocycles. The number of rotatable bonds is 9. The van der Waals surface area contributed by atoms with Crippen molar-refractivity contribution in [2.45, 2.75) is 19.0 Å². The number of benzene rings is 3. The van der Waals surface area contributed by atoms with Crippen LogP contribution in [0.5, 0.6) is 17.2 Å². The van der Waals surface area contributed by atoms with E-state index < -0.39 is 6.04 Å². The molecule has 182 valence electrons. The highest BCUT2D eigenvalue weighted by atomic mass is 79.9. The molecule has 1 aliphatic heterocycles. The van der Waals surface area contributed by atoms with Gasteiger partial charge in [-0.2, -0.15) is 0 Å². The average molecular weight is 539 g/mol. The molecule has 0 spiro atoms. The molecule has 0 fully saturated rings. The predicted octanol–water partition coefficient (Wildman–Crippen LogP) is 4.53. The van der Waals surface area contributed by atoms with E-state index in [4.69, 9.17) is 14.2 Å². The Labute approximate surface area is 213 Å². The Bertz CT molecular complexity index is 1250. The number of halogens is 1. The van der Waals surface area contributed by atoms with Crippen molar-refractivity contribution < 1.29 is 23.8 Å². The summed E-state index contributed by atoms with van der Waals surface area (Å²) < 4.78 is 17.0. The molecule has 0 saturated carbocycles. The number of amides is 2. The van der Waals surface area contributed by atoms with Crippen molar-refractivity contribution in [2.75, 3.05) is 27.9 Å². The molecule has 0 bridgehead atoms. The van der Waals surface area contributed by atoms with Crippen LogP contribution in [-0.2, 0) is 17.8 Å². The molecule has 7 nitrogen and oxygen atoms in total. The van der Waals surface area contributed by atoms with Gasteiger partial charge in [0, 0.05) is 22.1 Å².